The lowest BCUT2D eigenvalue weighted by atomic mass is 10.3. The van der Waals surface area contributed by atoms with Gasteiger partial charge in [0.2, 0.25) is 0 Å². The van der Waals surface area contributed by atoms with Crippen LogP contribution in [0.2, 0.25) is 0 Å². The maximum Gasteiger partial charge on any atom is 0.337 e. The Labute approximate surface area is 107 Å². The maximum atomic E-state index is 11.6. The average Bonchev–Trinajstić information content (AvgIpc) is 2.36. The van der Waals surface area contributed by atoms with Gasteiger partial charge in [0.05, 0.1) is 5.56 Å². The summed E-state index contributed by atoms with van der Waals surface area (Å²) in [6.07, 6.45) is 2.25. The lowest BCUT2D eigenvalue weighted by molar-refractivity contribution is 0.0695. The molecule has 1 rings (SSSR count). The topological polar surface area (TPSA) is 62.5 Å². The van der Waals surface area contributed by atoms with Crippen molar-refractivity contribution in [2.45, 2.75) is 26.8 Å². The first kappa shape index (κ1) is 14.4. The number of carboxylic acids is 1. The summed E-state index contributed by atoms with van der Waals surface area (Å²) in [6.45, 7) is 7.63. The summed E-state index contributed by atoms with van der Waals surface area (Å²) >= 11 is 0. The Balaban J connectivity index is 2.64. The van der Waals surface area contributed by atoms with Crippen molar-refractivity contribution < 1.29 is 9.90 Å². The number of hydrogen-bond acceptors (Lipinski definition) is 3. The van der Waals surface area contributed by atoms with Crippen molar-refractivity contribution in [3.63, 3.8) is 0 Å². The van der Waals surface area contributed by atoms with E-state index in [0.29, 0.717) is 6.54 Å². The van der Waals surface area contributed by atoms with E-state index in [1.807, 2.05) is 0 Å². The zero-order chi connectivity index (χ0) is 13.5. The first-order valence-electron chi connectivity index (χ1n) is 6.24. The van der Waals surface area contributed by atoms with Crippen molar-refractivity contribution >= 4 is 5.97 Å². The van der Waals surface area contributed by atoms with Gasteiger partial charge in [-0.05, 0) is 32.1 Å². The van der Waals surface area contributed by atoms with Gasteiger partial charge in [0.1, 0.15) is 0 Å². The number of carbonyl (C=O) groups is 1. The largest absolute Gasteiger partial charge is 0.478 e. The van der Waals surface area contributed by atoms with Crippen molar-refractivity contribution in [3.8, 4) is 0 Å². The summed E-state index contributed by atoms with van der Waals surface area (Å²) in [7, 11) is 0. The predicted molar refractivity (Wildman–Crippen MR) is 70.1 cm³/mol. The van der Waals surface area contributed by atoms with Gasteiger partial charge in [0.15, 0.2) is 0 Å². The summed E-state index contributed by atoms with van der Waals surface area (Å²) in [5.74, 6) is -1.01. The molecule has 5 nitrogen and oxygen atoms in total. The third-order valence-corrected chi connectivity index (χ3v) is 3.00. The second kappa shape index (κ2) is 6.96. The quantitative estimate of drug-likeness (QED) is 0.794. The van der Waals surface area contributed by atoms with Crippen LogP contribution in [0.1, 0.15) is 30.6 Å². The summed E-state index contributed by atoms with van der Waals surface area (Å²) in [5, 5.41) is 8.87. The molecule has 1 aromatic heterocycles. The van der Waals surface area contributed by atoms with Crippen LogP contribution in [0.15, 0.2) is 23.1 Å². The molecule has 100 valence electrons. The average molecular weight is 252 g/mol. The Bertz CT molecular complexity index is 450. The zero-order valence-electron chi connectivity index (χ0n) is 10.9. The number of pyridine rings is 1. The van der Waals surface area contributed by atoms with E-state index in [4.69, 9.17) is 5.11 Å². The highest BCUT2D eigenvalue weighted by Crippen LogP contribution is 1.98. The number of hydrogen-bond donors (Lipinski definition) is 1. The molecule has 0 spiro atoms. The first-order chi connectivity index (χ1) is 8.58. The molecule has 0 aromatic carbocycles. The first-order valence-corrected chi connectivity index (χ1v) is 6.24. The molecule has 1 heterocycles. The Morgan fingerprint density at radius 1 is 1.33 bits per heavy atom. The van der Waals surface area contributed by atoms with E-state index in [1.165, 1.54) is 22.9 Å². The number of aryl methyl sites for hydroxylation is 1. The van der Waals surface area contributed by atoms with Crippen LogP contribution in [0.4, 0.5) is 0 Å². The van der Waals surface area contributed by atoms with E-state index in [2.05, 4.69) is 18.7 Å². The van der Waals surface area contributed by atoms with Crippen LogP contribution in [0, 0.1) is 0 Å². The Kier molecular flexibility index (Phi) is 5.58. The molecule has 0 atom stereocenters. The fourth-order valence-corrected chi connectivity index (χ4v) is 1.84. The molecular weight excluding hydrogens is 232 g/mol. The Morgan fingerprint density at radius 2 is 2.00 bits per heavy atom. The lowest BCUT2D eigenvalue weighted by Gasteiger charge is -2.17. The highest BCUT2D eigenvalue weighted by molar-refractivity contribution is 5.87. The van der Waals surface area contributed by atoms with Gasteiger partial charge in [-0.3, -0.25) is 4.79 Å². The third kappa shape index (κ3) is 4.00. The standard InChI is InChI=1S/C13H20N2O3/c1-3-14(4-2)8-5-9-15-10-11(13(17)18)6-7-12(15)16/h6-7,10H,3-5,8-9H2,1-2H3,(H,17,18). The normalized spacial score (nSPS) is 10.8. The van der Waals surface area contributed by atoms with E-state index in [9.17, 15) is 9.59 Å². The van der Waals surface area contributed by atoms with Crippen LogP contribution in [0.3, 0.4) is 0 Å². The molecule has 0 saturated heterocycles. The molecule has 5 heteroatoms. The number of aromatic nitrogens is 1. The summed E-state index contributed by atoms with van der Waals surface area (Å²) < 4.78 is 1.47. The Morgan fingerprint density at radius 3 is 2.56 bits per heavy atom. The van der Waals surface area contributed by atoms with Crippen LogP contribution in [0.5, 0.6) is 0 Å². The molecule has 0 fully saturated rings. The fourth-order valence-electron chi connectivity index (χ4n) is 1.84. The van der Waals surface area contributed by atoms with E-state index >= 15 is 0 Å². The van der Waals surface area contributed by atoms with Gasteiger partial charge in [-0.2, -0.15) is 0 Å². The van der Waals surface area contributed by atoms with Crippen molar-refractivity contribution in [1.29, 1.82) is 0 Å². The molecule has 0 bridgehead atoms. The van der Waals surface area contributed by atoms with Crippen LogP contribution in [-0.2, 0) is 6.54 Å². The minimum Gasteiger partial charge on any atom is -0.478 e. The van der Waals surface area contributed by atoms with Crippen molar-refractivity contribution in [2.24, 2.45) is 0 Å². The van der Waals surface area contributed by atoms with E-state index in [-0.39, 0.29) is 11.1 Å². The molecule has 0 radical (unpaired) electrons. The van der Waals surface area contributed by atoms with E-state index < -0.39 is 5.97 Å². The molecule has 0 aliphatic rings. The number of carboxylic acid groups (broad SMARTS) is 1. The molecule has 0 amide bonds. The van der Waals surface area contributed by atoms with Crippen LogP contribution in [-0.4, -0.2) is 40.2 Å². The van der Waals surface area contributed by atoms with Crippen LogP contribution < -0.4 is 5.56 Å². The smallest absolute Gasteiger partial charge is 0.337 e. The molecule has 1 N–H and O–H groups in total. The van der Waals surface area contributed by atoms with Crippen molar-refractivity contribution in [1.82, 2.24) is 9.47 Å². The predicted octanol–water partition coefficient (Wildman–Crippen LogP) is 1.28. The van der Waals surface area contributed by atoms with E-state index in [1.54, 1.807) is 0 Å². The minimum absolute atomic E-state index is 0.150. The highest BCUT2D eigenvalue weighted by atomic mass is 16.4. The van der Waals surface area contributed by atoms with Gasteiger partial charge in [-0.15, -0.1) is 0 Å². The van der Waals surface area contributed by atoms with Gasteiger partial charge in [-0.25, -0.2) is 4.79 Å². The van der Waals surface area contributed by atoms with Gasteiger partial charge in [0.25, 0.3) is 5.56 Å². The molecule has 0 saturated carbocycles. The van der Waals surface area contributed by atoms with Crippen molar-refractivity contribution in [3.05, 3.63) is 34.2 Å². The highest BCUT2D eigenvalue weighted by Gasteiger charge is 2.05. The molecule has 0 unspecified atom stereocenters. The van der Waals surface area contributed by atoms with Gasteiger partial charge < -0.3 is 14.6 Å². The summed E-state index contributed by atoms with van der Waals surface area (Å²) in [5.41, 5.74) is -0.00279. The number of aromatic carboxylic acids is 1. The maximum absolute atomic E-state index is 11.6. The molecule has 0 aliphatic carbocycles. The third-order valence-electron chi connectivity index (χ3n) is 3.00. The summed E-state index contributed by atoms with van der Waals surface area (Å²) in [6, 6.07) is 2.65. The van der Waals surface area contributed by atoms with E-state index in [0.717, 1.165) is 26.1 Å². The number of nitrogens with zero attached hydrogens (tertiary/aromatic N) is 2. The Hall–Kier alpha value is -1.62. The van der Waals surface area contributed by atoms with Gasteiger partial charge in [-0.1, -0.05) is 13.8 Å². The second-order valence-corrected chi connectivity index (χ2v) is 4.13. The molecule has 18 heavy (non-hydrogen) atoms. The lowest BCUT2D eigenvalue weighted by Crippen LogP contribution is -2.27. The minimum atomic E-state index is -1.01. The molecule has 1 aromatic rings. The monoisotopic (exact) mass is 252 g/mol. The van der Waals surface area contributed by atoms with Crippen LogP contribution >= 0.6 is 0 Å². The van der Waals surface area contributed by atoms with Gasteiger partial charge >= 0.3 is 5.97 Å². The second-order valence-electron chi connectivity index (χ2n) is 4.13. The zero-order valence-corrected chi connectivity index (χ0v) is 10.9. The van der Waals surface area contributed by atoms with Crippen molar-refractivity contribution in [2.75, 3.05) is 19.6 Å². The molecular formula is C13H20N2O3. The SMILES string of the molecule is CCN(CC)CCCn1cc(C(=O)O)ccc1=O. The van der Waals surface area contributed by atoms with Gasteiger partial charge in [0, 0.05) is 18.8 Å². The number of rotatable bonds is 7. The fraction of sp³-hybridized carbons (Fsp3) is 0.538. The summed E-state index contributed by atoms with van der Waals surface area (Å²) in [4.78, 5) is 24.7. The molecule has 0 aliphatic heterocycles. The van der Waals surface area contributed by atoms with Crippen LogP contribution in [0.25, 0.3) is 0 Å².